The summed E-state index contributed by atoms with van der Waals surface area (Å²) in [6, 6.07) is 9.13. The van der Waals surface area contributed by atoms with E-state index in [9.17, 15) is 19.8 Å². The fraction of sp³-hybridized carbons (Fsp3) is 0.600. The summed E-state index contributed by atoms with van der Waals surface area (Å²) >= 11 is 0. The number of rotatable bonds is 7. The van der Waals surface area contributed by atoms with Gasteiger partial charge >= 0.3 is 17.8 Å². The Morgan fingerprint density at radius 1 is 1.04 bits per heavy atom. The zero-order chi connectivity index (χ0) is 19.3. The summed E-state index contributed by atoms with van der Waals surface area (Å²) in [6.45, 7) is 0.887. The third-order valence-corrected chi connectivity index (χ3v) is 5.40. The van der Waals surface area contributed by atoms with Crippen molar-refractivity contribution >= 4 is 11.9 Å². The van der Waals surface area contributed by atoms with Gasteiger partial charge in [-0.15, -0.1) is 0 Å². The first kappa shape index (κ1) is 19.8. The molecule has 1 aromatic rings. The third kappa shape index (κ3) is 4.31. The summed E-state index contributed by atoms with van der Waals surface area (Å²) in [5, 5.41) is 21.0. The SMILES string of the molecule is O=C(O)C1(OC(O)(C(=O)OCc2ccccc2)N2CCCC2)CCCCC1. The van der Waals surface area contributed by atoms with E-state index >= 15 is 0 Å². The Bertz CT molecular complexity index is 652. The fourth-order valence-electron chi connectivity index (χ4n) is 3.83. The molecule has 0 amide bonds. The van der Waals surface area contributed by atoms with Gasteiger partial charge in [0.15, 0.2) is 5.60 Å². The number of hydrogen-bond acceptors (Lipinski definition) is 6. The number of carboxylic acid groups (broad SMARTS) is 1. The topological polar surface area (TPSA) is 96.3 Å². The zero-order valence-electron chi connectivity index (χ0n) is 15.4. The monoisotopic (exact) mass is 377 g/mol. The van der Waals surface area contributed by atoms with E-state index < -0.39 is 23.5 Å². The molecule has 0 spiro atoms. The standard InChI is InChI=1S/C20H27NO6/c22-17(23)19(11-5-2-6-12-19)27-20(25,21-13-7-8-14-21)18(24)26-15-16-9-3-1-4-10-16/h1,3-4,9-10,25H,2,5-8,11-15H2,(H,22,23). The number of aliphatic hydroxyl groups is 1. The Labute approximate surface area is 158 Å². The van der Waals surface area contributed by atoms with Crippen molar-refractivity contribution in [2.45, 2.75) is 63.1 Å². The molecule has 1 aliphatic heterocycles. The second kappa shape index (κ2) is 8.37. The van der Waals surface area contributed by atoms with Crippen LogP contribution in [0.3, 0.4) is 0 Å². The van der Waals surface area contributed by atoms with Crippen LogP contribution in [-0.2, 0) is 25.7 Å². The molecule has 1 atom stereocenters. The van der Waals surface area contributed by atoms with E-state index in [1.165, 1.54) is 4.90 Å². The highest BCUT2D eigenvalue weighted by Gasteiger charge is 2.55. The number of ether oxygens (including phenoxy) is 2. The first-order valence-electron chi connectivity index (χ1n) is 9.58. The Kier molecular flexibility index (Phi) is 6.14. The van der Waals surface area contributed by atoms with E-state index in [2.05, 4.69) is 0 Å². The van der Waals surface area contributed by atoms with Gasteiger partial charge < -0.3 is 19.7 Å². The first-order chi connectivity index (χ1) is 13.0. The van der Waals surface area contributed by atoms with Gasteiger partial charge in [0, 0.05) is 13.1 Å². The van der Waals surface area contributed by atoms with Crippen LogP contribution in [-0.4, -0.2) is 51.7 Å². The van der Waals surface area contributed by atoms with Crippen LogP contribution in [0, 0.1) is 0 Å². The molecule has 1 heterocycles. The molecule has 1 unspecified atom stereocenters. The molecule has 2 N–H and O–H groups in total. The molecule has 2 aliphatic rings. The lowest BCUT2D eigenvalue weighted by Gasteiger charge is -2.42. The molecule has 0 bridgehead atoms. The summed E-state index contributed by atoms with van der Waals surface area (Å²) in [6.07, 6.45) is 4.42. The molecular weight excluding hydrogens is 350 g/mol. The van der Waals surface area contributed by atoms with Crippen molar-refractivity contribution in [1.82, 2.24) is 4.90 Å². The molecule has 1 saturated carbocycles. The lowest BCUT2D eigenvalue weighted by Crippen LogP contribution is -2.62. The van der Waals surface area contributed by atoms with Gasteiger partial charge in [-0.2, -0.15) is 0 Å². The predicted molar refractivity (Wildman–Crippen MR) is 96.5 cm³/mol. The van der Waals surface area contributed by atoms with E-state index in [1.54, 1.807) is 0 Å². The number of carboxylic acids is 1. The van der Waals surface area contributed by atoms with Gasteiger partial charge in [-0.25, -0.2) is 14.5 Å². The van der Waals surface area contributed by atoms with Gasteiger partial charge in [-0.1, -0.05) is 36.8 Å². The summed E-state index contributed by atoms with van der Waals surface area (Å²) in [5.41, 5.74) is -0.790. The molecule has 27 heavy (non-hydrogen) atoms. The van der Waals surface area contributed by atoms with Crippen LogP contribution in [0.25, 0.3) is 0 Å². The van der Waals surface area contributed by atoms with Crippen molar-refractivity contribution in [3.63, 3.8) is 0 Å². The zero-order valence-corrected chi connectivity index (χ0v) is 15.4. The third-order valence-electron chi connectivity index (χ3n) is 5.40. The van der Waals surface area contributed by atoms with Crippen LogP contribution in [0.1, 0.15) is 50.5 Å². The van der Waals surface area contributed by atoms with E-state index in [0.29, 0.717) is 25.9 Å². The normalized spacial score (nSPS) is 22.1. The lowest BCUT2D eigenvalue weighted by molar-refractivity contribution is -0.325. The number of aliphatic carboxylic acids is 1. The highest BCUT2D eigenvalue weighted by atomic mass is 16.7. The summed E-state index contributed by atoms with van der Waals surface area (Å²) in [5.74, 6) is -4.49. The fourth-order valence-corrected chi connectivity index (χ4v) is 3.83. The van der Waals surface area contributed by atoms with Crippen LogP contribution >= 0.6 is 0 Å². The highest BCUT2D eigenvalue weighted by Crippen LogP contribution is 2.37. The number of carbonyl (C=O) groups excluding carboxylic acids is 1. The van der Waals surface area contributed by atoms with Crippen LogP contribution in [0.5, 0.6) is 0 Å². The number of esters is 1. The van der Waals surface area contributed by atoms with Gasteiger partial charge in [0.2, 0.25) is 0 Å². The van der Waals surface area contributed by atoms with Crippen molar-refractivity contribution in [3.8, 4) is 0 Å². The van der Waals surface area contributed by atoms with E-state index in [4.69, 9.17) is 9.47 Å². The van der Waals surface area contributed by atoms with E-state index in [-0.39, 0.29) is 19.4 Å². The minimum Gasteiger partial charge on any atom is -0.479 e. The molecule has 1 aromatic carbocycles. The largest absolute Gasteiger partial charge is 0.479 e. The van der Waals surface area contributed by atoms with Crippen LogP contribution in [0.2, 0.25) is 0 Å². The molecule has 1 aliphatic carbocycles. The number of carbonyl (C=O) groups is 2. The van der Waals surface area contributed by atoms with Crippen molar-refractivity contribution in [1.29, 1.82) is 0 Å². The lowest BCUT2D eigenvalue weighted by atomic mass is 9.84. The van der Waals surface area contributed by atoms with Crippen molar-refractivity contribution < 1.29 is 29.3 Å². The minimum absolute atomic E-state index is 0.0146. The van der Waals surface area contributed by atoms with Gasteiger partial charge in [0.25, 0.3) is 0 Å². The van der Waals surface area contributed by atoms with Gasteiger partial charge in [0.05, 0.1) is 0 Å². The Morgan fingerprint density at radius 3 is 2.26 bits per heavy atom. The Hall–Kier alpha value is -1.96. The molecule has 1 saturated heterocycles. The van der Waals surface area contributed by atoms with Crippen molar-refractivity contribution in [2.75, 3.05) is 13.1 Å². The average Bonchev–Trinajstić information content (AvgIpc) is 3.23. The van der Waals surface area contributed by atoms with E-state index in [0.717, 1.165) is 24.8 Å². The second-order valence-corrected chi connectivity index (χ2v) is 7.33. The number of hydrogen-bond donors (Lipinski definition) is 2. The Balaban J connectivity index is 1.80. The molecule has 3 rings (SSSR count). The highest BCUT2D eigenvalue weighted by molar-refractivity contribution is 5.81. The number of benzene rings is 1. The van der Waals surface area contributed by atoms with Crippen molar-refractivity contribution in [2.24, 2.45) is 0 Å². The van der Waals surface area contributed by atoms with E-state index in [1.807, 2.05) is 30.3 Å². The van der Waals surface area contributed by atoms with Gasteiger partial charge in [0.1, 0.15) is 6.61 Å². The summed E-state index contributed by atoms with van der Waals surface area (Å²) in [4.78, 5) is 26.3. The minimum atomic E-state index is -2.39. The van der Waals surface area contributed by atoms with Crippen LogP contribution in [0.15, 0.2) is 30.3 Å². The smallest absolute Gasteiger partial charge is 0.384 e. The molecule has 7 nitrogen and oxygen atoms in total. The van der Waals surface area contributed by atoms with Gasteiger partial charge in [-0.3, -0.25) is 0 Å². The number of nitrogens with zero attached hydrogens (tertiary/aromatic N) is 1. The van der Waals surface area contributed by atoms with Crippen LogP contribution < -0.4 is 0 Å². The Morgan fingerprint density at radius 2 is 1.67 bits per heavy atom. The quantitative estimate of drug-likeness (QED) is 0.556. The molecular formula is C20H27NO6. The summed E-state index contributed by atoms with van der Waals surface area (Å²) < 4.78 is 11.1. The van der Waals surface area contributed by atoms with Crippen molar-refractivity contribution in [3.05, 3.63) is 35.9 Å². The molecule has 0 aromatic heterocycles. The average molecular weight is 377 g/mol. The maximum Gasteiger partial charge on any atom is 0.384 e. The molecule has 0 radical (unpaired) electrons. The maximum absolute atomic E-state index is 12.8. The maximum atomic E-state index is 12.8. The van der Waals surface area contributed by atoms with Gasteiger partial charge in [-0.05, 0) is 44.1 Å². The summed E-state index contributed by atoms with van der Waals surface area (Å²) in [7, 11) is 0. The first-order valence-corrected chi connectivity index (χ1v) is 9.58. The molecule has 7 heteroatoms. The predicted octanol–water partition coefficient (Wildman–Crippen LogP) is 2.28. The van der Waals surface area contributed by atoms with Crippen LogP contribution in [0.4, 0.5) is 0 Å². The number of likely N-dealkylation sites (tertiary alicyclic amines) is 1. The molecule has 148 valence electrons. The second-order valence-electron chi connectivity index (χ2n) is 7.33. The molecule has 2 fully saturated rings.